The number of carbonyl (C=O) groups excluding carboxylic acids is 2. The van der Waals surface area contributed by atoms with Gasteiger partial charge in [-0.1, -0.05) is 54.1 Å². The van der Waals surface area contributed by atoms with Crippen molar-refractivity contribution in [1.82, 2.24) is 5.32 Å². The molecular weight excluding hydrogens is 388 g/mol. The van der Waals surface area contributed by atoms with Gasteiger partial charge in [0, 0.05) is 5.02 Å². The van der Waals surface area contributed by atoms with Gasteiger partial charge in [-0.05, 0) is 53.6 Å². The van der Waals surface area contributed by atoms with E-state index in [0.717, 1.165) is 16.0 Å². The van der Waals surface area contributed by atoms with Crippen LogP contribution in [-0.4, -0.2) is 11.9 Å². The van der Waals surface area contributed by atoms with Gasteiger partial charge < -0.3 is 10.1 Å². The van der Waals surface area contributed by atoms with Gasteiger partial charge in [0.05, 0.1) is 5.69 Å². The number of urea groups is 1. The molecule has 0 saturated carbocycles. The van der Waals surface area contributed by atoms with Crippen LogP contribution in [0.25, 0.3) is 6.08 Å². The Morgan fingerprint density at radius 2 is 1.59 bits per heavy atom. The number of rotatable bonds is 5. The summed E-state index contributed by atoms with van der Waals surface area (Å²) in [5.41, 5.74) is 2.56. The molecule has 0 bridgehead atoms. The largest absolute Gasteiger partial charge is 0.489 e. The summed E-state index contributed by atoms with van der Waals surface area (Å²) in [4.78, 5) is 25.9. The highest BCUT2D eigenvalue weighted by atomic mass is 35.5. The fraction of sp³-hybridized carbons (Fsp3) is 0.0435. The molecule has 4 rings (SSSR count). The molecule has 0 aliphatic carbocycles. The lowest BCUT2D eigenvalue weighted by Gasteiger charge is -2.10. The van der Waals surface area contributed by atoms with Crippen LogP contribution >= 0.6 is 11.6 Å². The maximum Gasteiger partial charge on any atom is 0.333 e. The van der Waals surface area contributed by atoms with Gasteiger partial charge in [-0.15, -0.1) is 0 Å². The molecule has 144 valence electrons. The van der Waals surface area contributed by atoms with Gasteiger partial charge in [0.2, 0.25) is 0 Å². The second-order valence-corrected chi connectivity index (χ2v) is 6.88. The monoisotopic (exact) mass is 404 g/mol. The van der Waals surface area contributed by atoms with Gasteiger partial charge in [0.25, 0.3) is 5.91 Å². The van der Waals surface area contributed by atoms with Crippen molar-refractivity contribution >= 4 is 35.3 Å². The Labute approximate surface area is 173 Å². The number of nitrogens with zero attached hydrogens (tertiary/aromatic N) is 1. The number of imide groups is 1. The van der Waals surface area contributed by atoms with E-state index >= 15 is 0 Å². The van der Waals surface area contributed by atoms with E-state index in [-0.39, 0.29) is 11.6 Å². The molecule has 0 radical (unpaired) electrons. The Kier molecular flexibility index (Phi) is 5.31. The van der Waals surface area contributed by atoms with Gasteiger partial charge in [-0.3, -0.25) is 4.79 Å². The van der Waals surface area contributed by atoms with E-state index in [1.165, 1.54) is 0 Å². The van der Waals surface area contributed by atoms with Crippen LogP contribution in [0.1, 0.15) is 11.1 Å². The molecule has 1 aliphatic rings. The van der Waals surface area contributed by atoms with E-state index in [2.05, 4.69) is 5.32 Å². The molecule has 29 heavy (non-hydrogen) atoms. The molecule has 0 atom stereocenters. The van der Waals surface area contributed by atoms with Gasteiger partial charge in [-0.25, -0.2) is 9.69 Å². The van der Waals surface area contributed by atoms with E-state index in [4.69, 9.17) is 16.3 Å². The average molecular weight is 405 g/mol. The van der Waals surface area contributed by atoms with Crippen molar-refractivity contribution in [3.8, 4) is 5.75 Å². The Hall–Kier alpha value is -3.57. The number of anilines is 1. The minimum Gasteiger partial charge on any atom is -0.489 e. The first-order valence-electron chi connectivity index (χ1n) is 9.00. The van der Waals surface area contributed by atoms with E-state index in [1.54, 1.807) is 30.3 Å². The second-order valence-electron chi connectivity index (χ2n) is 6.45. The number of hydrogen-bond acceptors (Lipinski definition) is 3. The maximum absolute atomic E-state index is 12.6. The third-order valence-electron chi connectivity index (χ3n) is 4.40. The third kappa shape index (κ3) is 4.31. The number of nitrogens with one attached hydrogen (secondary N) is 1. The van der Waals surface area contributed by atoms with E-state index < -0.39 is 6.03 Å². The number of hydrogen-bond donors (Lipinski definition) is 1. The third-order valence-corrected chi connectivity index (χ3v) is 4.65. The van der Waals surface area contributed by atoms with Crippen molar-refractivity contribution in [2.45, 2.75) is 6.61 Å². The number of ether oxygens (including phenoxy) is 1. The first-order valence-corrected chi connectivity index (χ1v) is 9.37. The molecule has 3 aromatic rings. The van der Waals surface area contributed by atoms with Gasteiger partial charge in [0.1, 0.15) is 18.1 Å². The number of amides is 3. The van der Waals surface area contributed by atoms with Crippen molar-refractivity contribution in [3.63, 3.8) is 0 Å². The number of carbonyl (C=O) groups is 2. The minimum atomic E-state index is -0.463. The normalized spacial score (nSPS) is 14.9. The zero-order valence-corrected chi connectivity index (χ0v) is 16.1. The van der Waals surface area contributed by atoms with E-state index in [0.29, 0.717) is 23.1 Å². The Morgan fingerprint density at radius 3 is 2.28 bits per heavy atom. The van der Waals surface area contributed by atoms with Gasteiger partial charge in [0.15, 0.2) is 0 Å². The molecule has 1 fully saturated rings. The molecule has 5 nitrogen and oxygen atoms in total. The van der Waals surface area contributed by atoms with Crippen LogP contribution in [0.2, 0.25) is 5.02 Å². The summed E-state index contributed by atoms with van der Waals surface area (Å²) in [5, 5.41) is 3.31. The van der Waals surface area contributed by atoms with Crippen molar-refractivity contribution in [2.24, 2.45) is 0 Å². The molecule has 1 aliphatic heterocycles. The average Bonchev–Trinajstić information content (AvgIpc) is 3.02. The van der Waals surface area contributed by atoms with Crippen LogP contribution in [0.5, 0.6) is 5.75 Å². The summed E-state index contributed by atoms with van der Waals surface area (Å²) in [7, 11) is 0. The zero-order chi connectivity index (χ0) is 20.2. The molecule has 3 aromatic carbocycles. The van der Waals surface area contributed by atoms with Crippen LogP contribution in [-0.2, 0) is 11.4 Å². The molecule has 0 aromatic heterocycles. The molecular formula is C23H17ClN2O3. The summed E-state index contributed by atoms with van der Waals surface area (Å²) < 4.78 is 5.76. The fourth-order valence-corrected chi connectivity index (χ4v) is 3.05. The highest BCUT2D eigenvalue weighted by molar-refractivity contribution is 6.30. The van der Waals surface area contributed by atoms with Crippen molar-refractivity contribution < 1.29 is 14.3 Å². The lowest BCUT2D eigenvalue weighted by molar-refractivity contribution is -0.113. The number of halogens is 1. The van der Waals surface area contributed by atoms with Crippen LogP contribution < -0.4 is 15.0 Å². The van der Waals surface area contributed by atoms with Crippen molar-refractivity contribution in [2.75, 3.05) is 4.90 Å². The summed E-state index contributed by atoms with van der Waals surface area (Å²) in [5.74, 6) is 0.319. The summed E-state index contributed by atoms with van der Waals surface area (Å²) in [6, 6.07) is 23.1. The lowest BCUT2D eigenvalue weighted by Crippen LogP contribution is -2.30. The molecule has 6 heteroatoms. The first kappa shape index (κ1) is 18.8. The SMILES string of the molecule is O=C1N/C(=C/c2ccc(OCc3ccc(Cl)cc3)cc2)C(=O)N1c1ccccc1. The molecule has 1 saturated heterocycles. The molecule has 0 unspecified atom stereocenters. The van der Waals surface area contributed by atoms with Crippen LogP contribution in [0, 0.1) is 0 Å². The fourth-order valence-electron chi connectivity index (χ4n) is 2.92. The predicted molar refractivity (Wildman–Crippen MR) is 113 cm³/mol. The Balaban J connectivity index is 1.44. The van der Waals surface area contributed by atoms with Crippen molar-refractivity contribution in [1.29, 1.82) is 0 Å². The highest BCUT2D eigenvalue weighted by Gasteiger charge is 2.34. The zero-order valence-electron chi connectivity index (χ0n) is 15.3. The second kappa shape index (κ2) is 8.20. The molecule has 1 N–H and O–H groups in total. The standard InChI is InChI=1S/C23H17ClN2O3/c24-18-10-6-17(7-11-18)15-29-20-12-8-16(9-13-20)14-21-22(27)26(23(28)25-21)19-4-2-1-3-5-19/h1-14H,15H2,(H,25,28)/b21-14+. The van der Waals surface area contributed by atoms with Crippen molar-refractivity contribution in [3.05, 3.63) is 101 Å². The molecule has 3 amide bonds. The van der Waals surface area contributed by atoms with Crippen LogP contribution in [0.15, 0.2) is 84.6 Å². The minimum absolute atomic E-state index is 0.230. The van der Waals surface area contributed by atoms with Gasteiger partial charge >= 0.3 is 6.03 Å². The van der Waals surface area contributed by atoms with Crippen LogP contribution in [0.4, 0.5) is 10.5 Å². The first-order chi connectivity index (χ1) is 14.1. The van der Waals surface area contributed by atoms with E-state index in [9.17, 15) is 9.59 Å². The molecule has 1 heterocycles. The van der Waals surface area contributed by atoms with E-state index in [1.807, 2.05) is 54.6 Å². The maximum atomic E-state index is 12.6. The Bertz CT molecular complexity index is 1060. The topological polar surface area (TPSA) is 58.6 Å². The summed E-state index contributed by atoms with van der Waals surface area (Å²) in [6.45, 7) is 0.429. The lowest BCUT2D eigenvalue weighted by atomic mass is 10.2. The van der Waals surface area contributed by atoms with Gasteiger partial charge in [-0.2, -0.15) is 0 Å². The predicted octanol–water partition coefficient (Wildman–Crippen LogP) is 5.02. The summed E-state index contributed by atoms with van der Waals surface area (Å²) in [6.07, 6.45) is 1.64. The Morgan fingerprint density at radius 1 is 0.897 bits per heavy atom. The number of benzene rings is 3. The quantitative estimate of drug-likeness (QED) is 0.480. The number of para-hydroxylation sites is 1. The summed E-state index contributed by atoms with van der Waals surface area (Å²) >= 11 is 5.88. The smallest absolute Gasteiger partial charge is 0.333 e. The molecule has 0 spiro atoms. The van der Waals surface area contributed by atoms with Crippen LogP contribution in [0.3, 0.4) is 0 Å². The highest BCUT2D eigenvalue weighted by Crippen LogP contribution is 2.23.